The van der Waals surface area contributed by atoms with Gasteiger partial charge in [0.15, 0.2) is 0 Å². The van der Waals surface area contributed by atoms with Crippen molar-refractivity contribution in [3.8, 4) is 0 Å². The van der Waals surface area contributed by atoms with E-state index in [4.69, 9.17) is 9.29 Å². The molecule has 2 amide bonds. The van der Waals surface area contributed by atoms with Crippen molar-refractivity contribution in [1.29, 1.82) is 0 Å². The quantitative estimate of drug-likeness (QED) is 0.204. The normalized spacial score (nSPS) is 21.5. The fourth-order valence-corrected chi connectivity index (χ4v) is 3.01. The van der Waals surface area contributed by atoms with Crippen LogP contribution in [0.2, 0.25) is 0 Å². The van der Waals surface area contributed by atoms with Crippen molar-refractivity contribution in [2.45, 2.75) is 38.5 Å². The number of rotatable bonds is 5. The van der Waals surface area contributed by atoms with E-state index in [1.54, 1.807) is 20.8 Å². The molecule has 0 aliphatic carbocycles. The number of carbonyl (C=O) groups is 2. The predicted molar refractivity (Wildman–Crippen MR) is 77.2 cm³/mol. The van der Waals surface area contributed by atoms with Crippen LogP contribution in [0.5, 0.6) is 0 Å². The van der Waals surface area contributed by atoms with Gasteiger partial charge in [-0.3, -0.25) is 13.5 Å². The minimum atomic E-state index is -4.92. The monoisotopic (exact) mass is 398 g/mol. The summed E-state index contributed by atoms with van der Waals surface area (Å²) in [5.41, 5.74) is -0.863. The van der Waals surface area contributed by atoms with Gasteiger partial charge in [-0.2, -0.15) is 16.8 Å². The van der Waals surface area contributed by atoms with Gasteiger partial charge in [0.25, 0.3) is 16.0 Å². The number of nitrogens with zero attached hydrogens (tertiary/aromatic N) is 1. The van der Waals surface area contributed by atoms with Gasteiger partial charge in [0, 0.05) is 0 Å². The predicted octanol–water partition coefficient (Wildman–Crippen LogP) is -4.01. The number of alkyl carbamates (subject to hydrolysis) is 1. The summed E-state index contributed by atoms with van der Waals surface area (Å²) in [5.74, 6) is -1.14. The number of amides is 2. The Kier molecular flexibility index (Phi) is 7.70. The van der Waals surface area contributed by atoms with Crippen molar-refractivity contribution < 1.29 is 70.9 Å². The molecular formula is C10H19N2NaO9S2. The second-order valence-corrected chi connectivity index (χ2v) is 8.72. The molecule has 1 saturated heterocycles. The molecule has 2 unspecified atom stereocenters. The molecule has 0 spiro atoms. The average molecular weight is 398 g/mol. The summed E-state index contributed by atoms with van der Waals surface area (Å²) in [6, 6.07) is -2.83. The third-order valence-corrected chi connectivity index (χ3v) is 4.06. The molecule has 0 saturated carbocycles. The van der Waals surface area contributed by atoms with Crippen LogP contribution < -0.4 is 34.9 Å². The van der Waals surface area contributed by atoms with Gasteiger partial charge >= 0.3 is 46.0 Å². The van der Waals surface area contributed by atoms with Crippen LogP contribution in [0, 0.1) is 0 Å². The molecule has 1 aliphatic heterocycles. The molecule has 1 heterocycles. The van der Waals surface area contributed by atoms with Crippen LogP contribution in [0.1, 0.15) is 22.2 Å². The van der Waals surface area contributed by atoms with Gasteiger partial charge in [-0.15, -0.1) is 0 Å². The van der Waals surface area contributed by atoms with E-state index in [0.29, 0.717) is 0 Å². The Labute approximate surface area is 163 Å². The largest absolute Gasteiger partial charge is 1.00 e. The van der Waals surface area contributed by atoms with Crippen LogP contribution in [0.4, 0.5) is 4.79 Å². The van der Waals surface area contributed by atoms with Gasteiger partial charge in [0.1, 0.15) is 17.7 Å². The van der Waals surface area contributed by atoms with Crippen molar-refractivity contribution in [2.24, 2.45) is 0 Å². The second-order valence-electron chi connectivity index (χ2n) is 5.79. The smallest absolute Gasteiger partial charge is 1.00 e. The standard InChI is InChI=1S/C10H18N2O9S2.Na.H/c1-10(2,3)21-9(14)11-7-6(5-20-22(4,15)16)12(8(7)13)23(17,18)19;;/h6-7H,5H2,1-4H3,(H,11,14)(H,17,18,19);;/q;+1;-1. The van der Waals surface area contributed by atoms with E-state index in [0.717, 1.165) is 6.26 Å². The van der Waals surface area contributed by atoms with Crippen molar-refractivity contribution in [1.82, 2.24) is 9.62 Å². The average Bonchev–Trinajstić information content (AvgIpc) is 2.25. The maximum absolute atomic E-state index is 11.8. The number of β-lactam (4-membered cyclic amide) rings is 1. The number of ether oxygens (including phenoxy) is 1. The molecule has 24 heavy (non-hydrogen) atoms. The van der Waals surface area contributed by atoms with Crippen molar-refractivity contribution in [2.75, 3.05) is 12.9 Å². The summed E-state index contributed by atoms with van der Waals surface area (Å²) < 4.78 is 62.6. The van der Waals surface area contributed by atoms with E-state index in [9.17, 15) is 26.4 Å². The Morgan fingerprint density at radius 3 is 2.21 bits per heavy atom. The third kappa shape index (κ3) is 6.82. The summed E-state index contributed by atoms with van der Waals surface area (Å²) in [6.45, 7) is 3.96. The molecule has 0 aromatic carbocycles. The Bertz CT molecular complexity index is 704. The molecule has 1 rings (SSSR count). The second kappa shape index (κ2) is 7.85. The van der Waals surface area contributed by atoms with Crippen LogP contribution in [-0.2, 0) is 34.1 Å². The first-order valence-corrected chi connectivity index (χ1v) is 9.48. The van der Waals surface area contributed by atoms with Gasteiger partial charge < -0.3 is 11.5 Å². The Balaban J connectivity index is 0. The maximum Gasteiger partial charge on any atom is 1.00 e. The van der Waals surface area contributed by atoms with E-state index in [1.165, 1.54) is 0 Å². The first kappa shape index (κ1) is 23.6. The first-order chi connectivity index (χ1) is 10.1. The third-order valence-electron chi connectivity index (χ3n) is 2.54. The Morgan fingerprint density at radius 1 is 1.33 bits per heavy atom. The zero-order chi connectivity index (χ0) is 18.2. The van der Waals surface area contributed by atoms with E-state index < -0.39 is 56.7 Å². The fourth-order valence-electron chi connectivity index (χ4n) is 1.75. The van der Waals surface area contributed by atoms with E-state index in [-0.39, 0.29) is 35.3 Å². The van der Waals surface area contributed by atoms with Gasteiger partial charge in [0.2, 0.25) is 0 Å². The summed E-state index contributed by atoms with van der Waals surface area (Å²) in [4.78, 5) is 23.4. The SMILES string of the molecule is CC(C)(C)OC(=O)NC1C(=O)N(S(=O)(=O)O)C1COS(C)(=O)=O.[H-].[Na+]. The topological polar surface area (TPSA) is 156 Å². The van der Waals surface area contributed by atoms with Crippen molar-refractivity contribution in [3.05, 3.63) is 0 Å². The maximum atomic E-state index is 11.8. The molecule has 14 heteroatoms. The molecule has 2 N–H and O–H groups in total. The van der Waals surface area contributed by atoms with Gasteiger partial charge in [-0.1, -0.05) is 0 Å². The van der Waals surface area contributed by atoms with Crippen LogP contribution in [-0.4, -0.2) is 68.2 Å². The molecule has 11 nitrogen and oxygen atoms in total. The van der Waals surface area contributed by atoms with E-state index in [2.05, 4.69) is 9.50 Å². The first-order valence-electron chi connectivity index (χ1n) is 6.26. The summed E-state index contributed by atoms with van der Waals surface area (Å²) >= 11 is 0. The van der Waals surface area contributed by atoms with Crippen LogP contribution in [0.3, 0.4) is 0 Å². The minimum Gasteiger partial charge on any atom is -1.00 e. The van der Waals surface area contributed by atoms with Crippen LogP contribution in [0.25, 0.3) is 0 Å². The number of hydrogen-bond acceptors (Lipinski definition) is 8. The number of nitrogens with one attached hydrogen (secondary N) is 1. The minimum absolute atomic E-state index is 0. The molecule has 0 bridgehead atoms. The summed E-state index contributed by atoms with van der Waals surface area (Å²) in [7, 11) is -8.84. The van der Waals surface area contributed by atoms with Gasteiger partial charge in [-0.25, -0.2) is 9.10 Å². The zero-order valence-corrected chi connectivity index (χ0v) is 17.5. The van der Waals surface area contributed by atoms with Gasteiger partial charge in [-0.05, 0) is 20.8 Å². The van der Waals surface area contributed by atoms with Crippen LogP contribution in [0.15, 0.2) is 0 Å². The zero-order valence-electron chi connectivity index (χ0n) is 14.8. The number of hydrogen-bond donors (Lipinski definition) is 2. The summed E-state index contributed by atoms with van der Waals surface area (Å²) in [6.07, 6.45) is -0.281. The Morgan fingerprint density at radius 2 is 1.83 bits per heavy atom. The molecule has 2 atom stereocenters. The molecule has 0 aromatic rings. The molecule has 1 fully saturated rings. The van der Waals surface area contributed by atoms with Gasteiger partial charge in [0.05, 0.1) is 12.9 Å². The molecule has 0 radical (unpaired) electrons. The summed E-state index contributed by atoms with van der Waals surface area (Å²) in [5, 5.41) is 2.11. The Hall–Kier alpha value is -0.440. The number of carbonyl (C=O) groups excluding carboxylic acids is 2. The van der Waals surface area contributed by atoms with Crippen molar-refractivity contribution >= 4 is 32.4 Å². The van der Waals surface area contributed by atoms with E-state index in [1.807, 2.05) is 0 Å². The molecule has 0 aromatic heterocycles. The van der Waals surface area contributed by atoms with E-state index >= 15 is 0 Å². The molecular weight excluding hydrogens is 379 g/mol. The molecule has 1 aliphatic rings. The fraction of sp³-hybridized carbons (Fsp3) is 0.800. The van der Waals surface area contributed by atoms with Crippen molar-refractivity contribution in [3.63, 3.8) is 0 Å². The molecule has 136 valence electrons. The van der Waals surface area contributed by atoms with Crippen LogP contribution >= 0.6 is 0 Å².